The molecule has 0 saturated carbocycles. The lowest BCUT2D eigenvalue weighted by atomic mass is 10.1. The van der Waals surface area contributed by atoms with Crippen LogP contribution in [-0.4, -0.2) is 39.0 Å². The Kier molecular flexibility index (Phi) is 2.81. The molecular formula is C9H13N5OS. The van der Waals surface area contributed by atoms with E-state index in [1.165, 1.54) is 11.3 Å². The highest BCUT2D eigenvalue weighted by atomic mass is 32.1. The SMILES string of the molecule is c1nnc2sc(COC3CCNCC3)nn12. The Hall–Kier alpha value is -1.05. The molecule has 0 bridgehead atoms. The maximum atomic E-state index is 5.81. The zero-order valence-electron chi connectivity index (χ0n) is 8.80. The van der Waals surface area contributed by atoms with Crippen molar-refractivity contribution in [2.75, 3.05) is 13.1 Å². The Labute approximate surface area is 96.6 Å². The van der Waals surface area contributed by atoms with Gasteiger partial charge in [0.1, 0.15) is 17.9 Å². The third-order valence-corrected chi connectivity index (χ3v) is 3.54. The summed E-state index contributed by atoms with van der Waals surface area (Å²) < 4.78 is 7.50. The van der Waals surface area contributed by atoms with Crippen molar-refractivity contribution in [2.24, 2.45) is 0 Å². The molecule has 6 nitrogen and oxygen atoms in total. The van der Waals surface area contributed by atoms with Crippen molar-refractivity contribution in [3.8, 4) is 0 Å². The van der Waals surface area contributed by atoms with E-state index in [-0.39, 0.29) is 0 Å². The minimum atomic E-state index is 0.371. The third-order valence-electron chi connectivity index (χ3n) is 2.66. The fraction of sp³-hybridized carbons (Fsp3) is 0.667. The summed E-state index contributed by atoms with van der Waals surface area (Å²) >= 11 is 1.53. The van der Waals surface area contributed by atoms with Gasteiger partial charge in [-0.2, -0.15) is 9.61 Å². The van der Waals surface area contributed by atoms with Gasteiger partial charge in [-0.25, -0.2) is 0 Å². The van der Waals surface area contributed by atoms with Crippen molar-refractivity contribution in [2.45, 2.75) is 25.6 Å². The van der Waals surface area contributed by atoms with Crippen molar-refractivity contribution in [3.63, 3.8) is 0 Å². The average Bonchev–Trinajstić information content (AvgIpc) is 2.88. The molecule has 1 fully saturated rings. The second-order valence-corrected chi connectivity index (χ2v) is 4.85. The average molecular weight is 239 g/mol. The molecule has 0 spiro atoms. The quantitative estimate of drug-likeness (QED) is 0.842. The van der Waals surface area contributed by atoms with Gasteiger partial charge in [-0.15, -0.1) is 10.2 Å². The molecule has 3 heterocycles. The van der Waals surface area contributed by atoms with Gasteiger partial charge < -0.3 is 10.1 Å². The lowest BCUT2D eigenvalue weighted by Crippen LogP contribution is -2.32. The van der Waals surface area contributed by atoms with E-state index in [0.717, 1.165) is 35.9 Å². The molecule has 1 aliphatic rings. The van der Waals surface area contributed by atoms with Crippen LogP contribution in [0.2, 0.25) is 0 Å². The molecule has 1 saturated heterocycles. The monoisotopic (exact) mass is 239 g/mol. The molecule has 16 heavy (non-hydrogen) atoms. The fourth-order valence-corrected chi connectivity index (χ4v) is 2.55. The second-order valence-electron chi connectivity index (χ2n) is 3.81. The Bertz CT molecular complexity index is 433. The number of hydrogen-bond donors (Lipinski definition) is 1. The predicted octanol–water partition coefficient (Wildman–Crippen LogP) is 0.454. The Morgan fingerprint density at radius 3 is 3.19 bits per heavy atom. The van der Waals surface area contributed by atoms with Crippen LogP contribution in [0.3, 0.4) is 0 Å². The minimum Gasteiger partial charge on any atom is -0.371 e. The van der Waals surface area contributed by atoms with E-state index in [1.54, 1.807) is 10.8 Å². The highest BCUT2D eigenvalue weighted by Gasteiger charge is 2.14. The summed E-state index contributed by atoms with van der Waals surface area (Å²) in [6, 6.07) is 0. The highest BCUT2D eigenvalue weighted by Crippen LogP contribution is 2.15. The summed E-state index contributed by atoms with van der Waals surface area (Å²) in [7, 11) is 0. The van der Waals surface area contributed by atoms with Gasteiger partial charge in [0.2, 0.25) is 4.96 Å². The number of aromatic nitrogens is 4. The Balaban J connectivity index is 1.59. The summed E-state index contributed by atoms with van der Waals surface area (Å²) in [5.41, 5.74) is 0. The van der Waals surface area contributed by atoms with Gasteiger partial charge >= 0.3 is 0 Å². The van der Waals surface area contributed by atoms with Crippen molar-refractivity contribution < 1.29 is 4.74 Å². The lowest BCUT2D eigenvalue weighted by molar-refractivity contribution is 0.0208. The second kappa shape index (κ2) is 4.44. The minimum absolute atomic E-state index is 0.371. The van der Waals surface area contributed by atoms with Crippen LogP contribution in [0.1, 0.15) is 17.8 Å². The summed E-state index contributed by atoms with van der Waals surface area (Å²) in [5, 5.41) is 16.3. The summed E-state index contributed by atoms with van der Waals surface area (Å²) in [6.07, 6.45) is 4.16. The standard InChI is InChI=1S/C9H13N5OS/c1-3-10-4-2-7(1)15-5-8-13-14-6-11-12-9(14)16-8/h6-7,10H,1-5H2. The molecule has 7 heteroatoms. The van der Waals surface area contributed by atoms with E-state index < -0.39 is 0 Å². The first-order chi connectivity index (χ1) is 7.92. The molecule has 0 radical (unpaired) electrons. The van der Waals surface area contributed by atoms with E-state index in [1.807, 2.05) is 0 Å². The maximum Gasteiger partial charge on any atom is 0.234 e. The van der Waals surface area contributed by atoms with Crippen molar-refractivity contribution in [1.29, 1.82) is 0 Å². The van der Waals surface area contributed by atoms with Crippen LogP contribution in [0.25, 0.3) is 4.96 Å². The zero-order chi connectivity index (χ0) is 10.8. The normalized spacial score (nSPS) is 18.2. The first-order valence-electron chi connectivity index (χ1n) is 5.40. The van der Waals surface area contributed by atoms with Crippen LogP contribution in [0.4, 0.5) is 0 Å². The van der Waals surface area contributed by atoms with Gasteiger partial charge in [0.25, 0.3) is 0 Å². The van der Waals surface area contributed by atoms with Crippen LogP contribution in [0.5, 0.6) is 0 Å². The van der Waals surface area contributed by atoms with Crippen molar-refractivity contribution in [1.82, 2.24) is 25.1 Å². The molecular weight excluding hydrogens is 226 g/mol. The molecule has 2 aromatic heterocycles. The van der Waals surface area contributed by atoms with Crippen LogP contribution in [0, 0.1) is 0 Å². The number of nitrogens with zero attached hydrogens (tertiary/aromatic N) is 4. The lowest BCUT2D eigenvalue weighted by Gasteiger charge is -2.22. The van der Waals surface area contributed by atoms with Gasteiger partial charge in [0.05, 0.1) is 6.10 Å². The van der Waals surface area contributed by atoms with E-state index in [0.29, 0.717) is 12.7 Å². The van der Waals surface area contributed by atoms with E-state index in [4.69, 9.17) is 4.74 Å². The predicted molar refractivity (Wildman–Crippen MR) is 59.3 cm³/mol. The maximum absolute atomic E-state index is 5.81. The van der Waals surface area contributed by atoms with Crippen LogP contribution >= 0.6 is 11.3 Å². The number of hydrogen-bond acceptors (Lipinski definition) is 6. The summed E-state index contributed by atoms with van der Waals surface area (Å²) in [6.45, 7) is 2.68. The number of rotatable bonds is 3. The third kappa shape index (κ3) is 2.06. The van der Waals surface area contributed by atoms with Crippen LogP contribution in [-0.2, 0) is 11.3 Å². The summed E-state index contributed by atoms with van der Waals surface area (Å²) in [4.78, 5) is 0.823. The molecule has 0 amide bonds. The van der Waals surface area contributed by atoms with Crippen molar-refractivity contribution >= 4 is 16.3 Å². The molecule has 1 aliphatic heterocycles. The van der Waals surface area contributed by atoms with Crippen LogP contribution < -0.4 is 5.32 Å². The first kappa shape index (κ1) is 10.1. The van der Waals surface area contributed by atoms with Gasteiger partial charge in [-0.3, -0.25) is 0 Å². The molecule has 0 atom stereocenters. The van der Waals surface area contributed by atoms with E-state index in [2.05, 4.69) is 20.6 Å². The molecule has 86 valence electrons. The van der Waals surface area contributed by atoms with E-state index >= 15 is 0 Å². The number of fused-ring (bicyclic) bond motifs is 1. The molecule has 0 unspecified atom stereocenters. The molecule has 0 aliphatic carbocycles. The number of piperidine rings is 1. The van der Waals surface area contributed by atoms with Gasteiger partial charge in [0.15, 0.2) is 0 Å². The molecule has 1 N–H and O–H groups in total. The summed E-state index contributed by atoms with van der Waals surface area (Å²) in [5.74, 6) is 0. The fourth-order valence-electron chi connectivity index (χ4n) is 1.81. The largest absolute Gasteiger partial charge is 0.371 e. The number of nitrogens with one attached hydrogen (secondary N) is 1. The van der Waals surface area contributed by atoms with Crippen LogP contribution in [0.15, 0.2) is 6.33 Å². The van der Waals surface area contributed by atoms with Gasteiger partial charge in [-0.05, 0) is 25.9 Å². The highest BCUT2D eigenvalue weighted by molar-refractivity contribution is 7.16. The first-order valence-corrected chi connectivity index (χ1v) is 6.21. The molecule has 0 aromatic carbocycles. The van der Waals surface area contributed by atoms with Gasteiger partial charge in [-0.1, -0.05) is 11.3 Å². The smallest absolute Gasteiger partial charge is 0.234 e. The zero-order valence-corrected chi connectivity index (χ0v) is 9.61. The molecule has 2 aromatic rings. The topological polar surface area (TPSA) is 64.3 Å². The van der Waals surface area contributed by atoms with Gasteiger partial charge in [0, 0.05) is 0 Å². The number of ether oxygens (including phenoxy) is 1. The Morgan fingerprint density at radius 2 is 2.38 bits per heavy atom. The molecule has 3 rings (SSSR count). The Morgan fingerprint density at radius 1 is 1.50 bits per heavy atom. The van der Waals surface area contributed by atoms with Crippen molar-refractivity contribution in [3.05, 3.63) is 11.3 Å². The van der Waals surface area contributed by atoms with E-state index in [9.17, 15) is 0 Å².